The summed E-state index contributed by atoms with van der Waals surface area (Å²) in [7, 11) is 1.58. The van der Waals surface area contributed by atoms with Crippen molar-refractivity contribution in [3.8, 4) is 11.5 Å². The van der Waals surface area contributed by atoms with Crippen LogP contribution in [0.3, 0.4) is 0 Å². The molecule has 0 saturated heterocycles. The molecule has 0 amide bonds. The van der Waals surface area contributed by atoms with Gasteiger partial charge in [0, 0.05) is 23.2 Å². The fourth-order valence-electron chi connectivity index (χ4n) is 1.57. The van der Waals surface area contributed by atoms with E-state index in [9.17, 15) is 5.11 Å². The fourth-order valence-corrected chi connectivity index (χ4v) is 2.19. The highest BCUT2D eigenvalue weighted by Gasteiger charge is 2.11. The van der Waals surface area contributed by atoms with Crippen LogP contribution in [0.2, 0.25) is 0 Å². The lowest BCUT2D eigenvalue weighted by atomic mass is 10.1. The lowest BCUT2D eigenvalue weighted by Gasteiger charge is -2.15. The van der Waals surface area contributed by atoms with Gasteiger partial charge >= 0.3 is 0 Å². The van der Waals surface area contributed by atoms with Crippen molar-refractivity contribution in [2.75, 3.05) is 12.4 Å². The van der Waals surface area contributed by atoms with Gasteiger partial charge in [0.15, 0.2) is 5.13 Å². The third kappa shape index (κ3) is 2.68. The maximum absolute atomic E-state index is 9.88. The quantitative estimate of drug-likeness (QED) is 0.875. The first kappa shape index (κ1) is 11.7. The normalized spacial score (nSPS) is 12.1. The number of benzene rings is 1. The predicted molar refractivity (Wildman–Crippen MR) is 68.8 cm³/mol. The Bertz CT molecular complexity index is 485. The van der Waals surface area contributed by atoms with Gasteiger partial charge in [0.25, 0.3) is 0 Å². The van der Waals surface area contributed by atoms with Crippen molar-refractivity contribution in [3.05, 3.63) is 35.3 Å². The van der Waals surface area contributed by atoms with Crippen LogP contribution in [0.5, 0.6) is 11.5 Å². The number of aromatic nitrogens is 1. The second-order valence-corrected chi connectivity index (χ2v) is 4.52. The molecule has 0 aliphatic carbocycles. The van der Waals surface area contributed by atoms with E-state index in [1.54, 1.807) is 19.4 Å². The molecule has 1 heterocycles. The first-order chi connectivity index (χ1) is 8.20. The van der Waals surface area contributed by atoms with E-state index in [4.69, 9.17) is 4.74 Å². The maximum atomic E-state index is 9.88. The van der Waals surface area contributed by atoms with Crippen molar-refractivity contribution in [3.63, 3.8) is 0 Å². The summed E-state index contributed by atoms with van der Waals surface area (Å²) in [5.41, 5.74) is 0.820. The average molecular weight is 250 g/mol. The van der Waals surface area contributed by atoms with Crippen LogP contribution in [-0.4, -0.2) is 17.2 Å². The minimum atomic E-state index is -0.00736. The van der Waals surface area contributed by atoms with Crippen molar-refractivity contribution < 1.29 is 9.84 Å². The largest absolute Gasteiger partial charge is 0.507 e. The van der Waals surface area contributed by atoms with E-state index in [1.165, 1.54) is 11.3 Å². The van der Waals surface area contributed by atoms with Crippen molar-refractivity contribution in [1.82, 2.24) is 4.98 Å². The molecular formula is C12H14N2O2S. The lowest BCUT2D eigenvalue weighted by Crippen LogP contribution is -2.06. The van der Waals surface area contributed by atoms with Gasteiger partial charge in [-0.3, -0.25) is 0 Å². The minimum absolute atomic E-state index is 0.00736. The first-order valence-corrected chi connectivity index (χ1v) is 6.11. The van der Waals surface area contributed by atoms with Crippen LogP contribution in [-0.2, 0) is 0 Å². The zero-order chi connectivity index (χ0) is 12.3. The molecule has 0 saturated carbocycles. The molecule has 1 aromatic carbocycles. The highest BCUT2D eigenvalue weighted by atomic mass is 32.1. The van der Waals surface area contributed by atoms with Gasteiger partial charge in [-0.05, 0) is 19.1 Å². The number of ether oxygens (including phenoxy) is 1. The van der Waals surface area contributed by atoms with E-state index in [0.717, 1.165) is 10.7 Å². The Kier molecular flexibility index (Phi) is 3.49. The highest BCUT2D eigenvalue weighted by molar-refractivity contribution is 7.13. The number of nitrogens with one attached hydrogen (secondary N) is 1. The lowest BCUT2D eigenvalue weighted by molar-refractivity contribution is 0.406. The van der Waals surface area contributed by atoms with E-state index in [0.29, 0.717) is 5.75 Å². The average Bonchev–Trinajstić information content (AvgIpc) is 2.81. The molecule has 0 aliphatic rings. The second kappa shape index (κ2) is 5.05. The van der Waals surface area contributed by atoms with Crippen LogP contribution in [0, 0.1) is 0 Å². The van der Waals surface area contributed by atoms with Gasteiger partial charge in [0.1, 0.15) is 11.5 Å². The zero-order valence-electron chi connectivity index (χ0n) is 9.68. The molecule has 2 rings (SSSR count). The van der Waals surface area contributed by atoms with E-state index in [-0.39, 0.29) is 11.8 Å². The molecule has 90 valence electrons. The maximum Gasteiger partial charge on any atom is 0.183 e. The van der Waals surface area contributed by atoms with Crippen molar-refractivity contribution in [2.45, 2.75) is 13.0 Å². The number of hydrogen-bond acceptors (Lipinski definition) is 5. The van der Waals surface area contributed by atoms with Gasteiger partial charge in [-0.25, -0.2) is 4.98 Å². The first-order valence-electron chi connectivity index (χ1n) is 5.23. The fraction of sp³-hybridized carbons (Fsp3) is 0.250. The smallest absolute Gasteiger partial charge is 0.183 e. The van der Waals surface area contributed by atoms with Crippen LogP contribution in [0.4, 0.5) is 5.13 Å². The molecule has 0 aliphatic heterocycles. The summed E-state index contributed by atoms with van der Waals surface area (Å²) < 4.78 is 5.04. The standard InChI is InChI=1S/C12H14N2O2S/c1-8(14-12-13-5-6-17-12)10-4-3-9(16-2)7-11(10)15/h3-8,15H,1-2H3,(H,13,14). The van der Waals surface area contributed by atoms with Crippen LogP contribution >= 0.6 is 11.3 Å². The summed E-state index contributed by atoms with van der Waals surface area (Å²) in [4.78, 5) is 4.15. The van der Waals surface area contributed by atoms with Crippen LogP contribution in [0.15, 0.2) is 29.8 Å². The summed E-state index contributed by atoms with van der Waals surface area (Å²) in [5, 5.41) is 15.9. The molecule has 2 N–H and O–H groups in total. The number of aromatic hydroxyl groups is 1. The number of hydrogen-bond donors (Lipinski definition) is 2. The summed E-state index contributed by atoms with van der Waals surface area (Å²) >= 11 is 1.53. The third-order valence-corrected chi connectivity index (χ3v) is 3.18. The van der Waals surface area contributed by atoms with E-state index < -0.39 is 0 Å². The predicted octanol–water partition coefficient (Wildman–Crippen LogP) is 3.03. The number of phenols is 1. The van der Waals surface area contributed by atoms with Crippen LogP contribution in [0.25, 0.3) is 0 Å². The molecule has 2 aromatic rings. The number of rotatable bonds is 4. The minimum Gasteiger partial charge on any atom is -0.507 e. The molecule has 5 heteroatoms. The summed E-state index contributed by atoms with van der Waals surface area (Å²) in [6.07, 6.45) is 1.74. The number of anilines is 1. The molecule has 17 heavy (non-hydrogen) atoms. The Morgan fingerprint density at radius 2 is 2.29 bits per heavy atom. The Morgan fingerprint density at radius 3 is 2.88 bits per heavy atom. The molecule has 0 bridgehead atoms. The Morgan fingerprint density at radius 1 is 1.47 bits per heavy atom. The number of methoxy groups -OCH3 is 1. The Hall–Kier alpha value is -1.75. The molecule has 1 unspecified atom stereocenters. The van der Waals surface area contributed by atoms with Gasteiger partial charge in [-0.15, -0.1) is 11.3 Å². The molecule has 1 atom stereocenters. The monoisotopic (exact) mass is 250 g/mol. The van der Waals surface area contributed by atoms with Gasteiger partial charge in [-0.2, -0.15) is 0 Å². The van der Waals surface area contributed by atoms with Crippen molar-refractivity contribution in [1.29, 1.82) is 0 Å². The molecule has 0 fully saturated rings. The number of phenolic OH excluding ortho intramolecular Hbond substituents is 1. The molecule has 1 aromatic heterocycles. The van der Waals surface area contributed by atoms with Gasteiger partial charge < -0.3 is 15.2 Å². The van der Waals surface area contributed by atoms with Crippen LogP contribution < -0.4 is 10.1 Å². The van der Waals surface area contributed by atoms with Gasteiger partial charge in [-0.1, -0.05) is 0 Å². The Balaban J connectivity index is 2.16. The molecule has 4 nitrogen and oxygen atoms in total. The van der Waals surface area contributed by atoms with Crippen LogP contribution in [0.1, 0.15) is 18.5 Å². The van der Waals surface area contributed by atoms with E-state index in [1.807, 2.05) is 24.4 Å². The van der Waals surface area contributed by atoms with E-state index in [2.05, 4.69) is 10.3 Å². The van der Waals surface area contributed by atoms with Gasteiger partial charge in [0.05, 0.1) is 13.2 Å². The van der Waals surface area contributed by atoms with E-state index >= 15 is 0 Å². The molecule has 0 spiro atoms. The molecule has 0 radical (unpaired) electrons. The van der Waals surface area contributed by atoms with Crippen molar-refractivity contribution >= 4 is 16.5 Å². The SMILES string of the molecule is COc1ccc(C(C)Nc2nccs2)c(O)c1. The molecular weight excluding hydrogens is 236 g/mol. The number of nitrogens with zero attached hydrogens (tertiary/aromatic N) is 1. The topological polar surface area (TPSA) is 54.4 Å². The summed E-state index contributed by atoms with van der Waals surface area (Å²) in [6, 6.07) is 5.27. The number of thiazole rings is 1. The van der Waals surface area contributed by atoms with Gasteiger partial charge in [0.2, 0.25) is 0 Å². The second-order valence-electron chi connectivity index (χ2n) is 3.63. The summed E-state index contributed by atoms with van der Waals surface area (Å²) in [5.74, 6) is 0.869. The summed E-state index contributed by atoms with van der Waals surface area (Å²) in [6.45, 7) is 1.98. The van der Waals surface area contributed by atoms with Crippen molar-refractivity contribution in [2.24, 2.45) is 0 Å². The zero-order valence-corrected chi connectivity index (χ0v) is 10.5. The Labute approximate surface area is 104 Å². The highest BCUT2D eigenvalue weighted by Crippen LogP contribution is 2.30. The third-order valence-electron chi connectivity index (χ3n) is 2.48.